The molecule has 5 rings (SSSR count). The molecule has 0 aliphatic carbocycles. The second-order valence-electron chi connectivity index (χ2n) is 8.14. The quantitative estimate of drug-likeness (QED) is 0.710. The molecule has 0 unspecified atom stereocenters. The standard InChI is InChI=1S/C23H26N4/c1-14(2)22-19-10-16(15-5-7-24-8-6-15)3-4-20(19)27-23(22)18-9-17-11-25-13-21(17)26-12-18/h3-4,9-10,12-15,24,27H,5-8,11H2,1-2H3. The van der Waals surface area contributed by atoms with Gasteiger partial charge in [-0.1, -0.05) is 19.9 Å². The largest absolute Gasteiger partial charge is 0.354 e. The van der Waals surface area contributed by atoms with Crippen LogP contribution < -0.4 is 5.32 Å². The van der Waals surface area contributed by atoms with Crippen molar-refractivity contribution in [3.63, 3.8) is 0 Å². The summed E-state index contributed by atoms with van der Waals surface area (Å²) >= 11 is 0. The Bertz CT molecular complexity index is 1020. The lowest BCUT2D eigenvalue weighted by molar-refractivity contribution is 0.460. The molecular weight excluding hydrogens is 332 g/mol. The van der Waals surface area contributed by atoms with Crippen LogP contribution in [0.2, 0.25) is 0 Å². The molecule has 2 aliphatic heterocycles. The average Bonchev–Trinajstić information content (AvgIpc) is 3.31. The lowest BCUT2D eigenvalue weighted by atomic mass is 9.88. The molecule has 2 aromatic heterocycles. The molecule has 138 valence electrons. The van der Waals surface area contributed by atoms with Gasteiger partial charge in [-0.3, -0.25) is 9.98 Å². The van der Waals surface area contributed by atoms with Gasteiger partial charge in [0.25, 0.3) is 0 Å². The third kappa shape index (κ3) is 2.88. The predicted octanol–water partition coefficient (Wildman–Crippen LogP) is 4.75. The number of benzene rings is 1. The highest BCUT2D eigenvalue weighted by Gasteiger charge is 2.21. The number of H-pyrrole nitrogens is 1. The van der Waals surface area contributed by atoms with Crippen LogP contribution in [-0.2, 0) is 6.54 Å². The first-order chi connectivity index (χ1) is 13.2. The van der Waals surface area contributed by atoms with Crippen LogP contribution in [0.25, 0.3) is 22.2 Å². The van der Waals surface area contributed by atoms with Crippen molar-refractivity contribution in [2.75, 3.05) is 13.1 Å². The lowest BCUT2D eigenvalue weighted by Gasteiger charge is -2.23. The van der Waals surface area contributed by atoms with Gasteiger partial charge in [-0.05, 0) is 67.1 Å². The molecule has 2 N–H and O–H groups in total. The van der Waals surface area contributed by atoms with E-state index in [9.17, 15) is 0 Å². The molecule has 4 heterocycles. The zero-order chi connectivity index (χ0) is 18.4. The topological polar surface area (TPSA) is 53.1 Å². The smallest absolute Gasteiger partial charge is 0.0859 e. The number of rotatable bonds is 3. The molecule has 0 bridgehead atoms. The second-order valence-corrected chi connectivity index (χ2v) is 8.14. The third-order valence-corrected chi connectivity index (χ3v) is 6.02. The summed E-state index contributed by atoms with van der Waals surface area (Å²) in [5, 5.41) is 4.84. The number of fused-ring (bicyclic) bond motifs is 2. The summed E-state index contributed by atoms with van der Waals surface area (Å²) in [4.78, 5) is 12.7. The van der Waals surface area contributed by atoms with Gasteiger partial charge in [0, 0.05) is 34.4 Å². The highest BCUT2D eigenvalue weighted by Crippen LogP contribution is 2.38. The van der Waals surface area contributed by atoms with Crippen molar-refractivity contribution < 1.29 is 0 Å². The Morgan fingerprint density at radius 2 is 1.96 bits per heavy atom. The van der Waals surface area contributed by atoms with Crippen molar-refractivity contribution in [1.82, 2.24) is 15.3 Å². The zero-order valence-electron chi connectivity index (χ0n) is 16.0. The molecule has 1 saturated heterocycles. The second kappa shape index (κ2) is 6.61. The summed E-state index contributed by atoms with van der Waals surface area (Å²) in [6.07, 6.45) is 6.32. The van der Waals surface area contributed by atoms with Crippen LogP contribution in [0, 0.1) is 0 Å². The Kier molecular flexibility index (Phi) is 4.09. The van der Waals surface area contributed by atoms with Crippen molar-refractivity contribution in [3.8, 4) is 11.3 Å². The fraction of sp³-hybridized carbons (Fsp3) is 0.391. The van der Waals surface area contributed by atoms with Crippen molar-refractivity contribution in [2.45, 2.75) is 45.1 Å². The molecule has 4 nitrogen and oxygen atoms in total. The zero-order valence-corrected chi connectivity index (χ0v) is 16.0. The molecule has 2 aliphatic rings. The summed E-state index contributed by atoms with van der Waals surface area (Å²) in [6.45, 7) is 7.57. The van der Waals surface area contributed by atoms with E-state index in [-0.39, 0.29) is 0 Å². The molecule has 27 heavy (non-hydrogen) atoms. The highest BCUT2D eigenvalue weighted by atomic mass is 14.9. The maximum absolute atomic E-state index is 4.62. The first-order valence-corrected chi connectivity index (χ1v) is 10.1. The number of piperidine rings is 1. The Morgan fingerprint density at radius 3 is 2.78 bits per heavy atom. The van der Waals surface area contributed by atoms with E-state index in [4.69, 9.17) is 0 Å². The number of aromatic nitrogens is 2. The van der Waals surface area contributed by atoms with Crippen LogP contribution in [0.15, 0.2) is 35.5 Å². The highest BCUT2D eigenvalue weighted by molar-refractivity contribution is 5.92. The van der Waals surface area contributed by atoms with Crippen LogP contribution in [0.1, 0.15) is 60.9 Å². The normalized spacial score (nSPS) is 17.1. The van der Waals surface area contributed by atoms with E-state index in [2.05, 4.69) is 58.4 Å². The van der Waals surface area contributed by atoms with Gasteiger partial charge in [0.05, 0.1) is 17.9 Å². The molecule has 0 amide bonds. The van der Waals surface area contributed by atoms with Gasteiger partial charge >= 0.3 is 0 Å². The number of nitrogens with one attached hydrogen (secondary N) is 2. The van der Waals surface area contributed by atoms with Crippen molar-refractivity contribution >= 4 is 17.1 Å². The summed E-state index contributed by atoms with van der Waals surface area (Å²) in [7, 11) is 0. The maximum atomic E-state index is 4.62. The molecule has 1 fully saturated rings. The summed E-state index contributed by atoms with van der Waals surface area (Å²) in [6, 6.07) is 9.27. The van der Waals surface area contributed by atoms with Gasteiger partial charge in [-0.2, -0.15) is 0 Å². The Labute approximate surface area is 160 Å². The first-order valence-electron chi connectivity index (χ1n) is 10.1. The van der Waals surface area contributed by atoms with E-state index in [0.29, 0.717) is 11.8 Å². The fourth-order valence-corrected chi connectivity index (χ4v) is 4.60. The summed E-state index contributed by atoms with van der Waals surface area (Å²) in [5.74, 6) is 1.12. The Hall–Kier alpha value is -2.46. The minimum Gasteiger partial charge on any atom is -0.354 e. The average molecular weight is 358 g/mol. The van der Waals surface area contributed by atoms with Crippen LogP contribution in [0.4, 0.5) is 0 Å². The van der Waals surface area contributed by atoms with E-state index in [0.717, 1.165) is 25.3 Å². The van der Waals surface area contributed by atoms with E-state index in [1.807, 2.05) is 12.4 Å². The van der Waals surface area contributed by atoms with E-state index in [1.165, 1.54) is 51.7 Å². The molecule has 0 radical (unpaired) electrons. The Morgan fingerprint density at radius 1 is 1.11 bits per heavy atom. The summed E-state index contributed by atoms with van der Waals surface area (Å²) < 4.78 is 0. The molecule has 0 saturated carbocycles. The fourth-order valence-electron chi connectivity index (χ4n) is 4.60. The van der Waals surface area contributed by atoms with Gasteiger partial charge in [0.2, 0.25) is 0 Å². The van der Waals surface area contributed by atoms with Gasteiger partial charge in [-0.15, -0.1) is 0 Å². The number of hydrogen-bond donors (Lipinski definition) is 2. The molecule has 0 spiro atoms. The van der Waals surface area contributed by atoms with Crippen molar-refractivity contribution in [1.29, 1.82) is 0 Å². The molecule has 4 heteroatoms. The third-order valence-electron chi connectivity index (χ3n) is 6.02. The predicted molar refractivity (Wildman–Crippen MR) is 112 cm³/mol. The van der Waals surface area contributed by atoms with Crippen molar-refractivity contribution in [3.05, 3.63) is 52.8 Å². The van der Waals surface area contributed by atoms with Gasteiger partial charge < -0.3 is 10.3 Å². The van der Waals surface area contributed by atoms with E-state index >= 15 is 0 Å². The first kappa shape index (κ1) is 16.7. The minimum atomic E-state index is 0.446. The number of aliphatic imine (C=N–C) groups is 1. The summed E-state index contributed by atoms with van der Waals surface area (Å²) in [5.41, 5.74) is 8.72. The number of pyridine rings is 1. The van der Waals surface area contributed by atoms with Crippen LogP contribution in [0.5, 0.6) is 0 Å². The molecule has 1 aromatic carbocycles. The van der Waals surface area contributed by atoms with Crippen molar-refractivity contribution in [2.24, 2.45) is 4.99 Å². The molecule has 0 atom stereocenters. The molecular formula is C23H26N4. The lowest BCUT2D eigenvalue weighted by Crippen LogP contribution is -2.26. The number of hydrogen-bond acceptors (Lipinski definition) is 3. The van der Waals surface area contributed by atoms with Crippen LogP contribution in [0.3, 0.4) is 0 Å². The van der Waals surface area contributed by atoms with Gasteiger partial charge in [-0.25, -0.2) is 0 Å². The van der Waals surface area contributed by atoms with Crippen LogP contribution in [-0.4, -0.2) is 29.3 Å². The number of nitrogens with zero attached hydrogens (tertiary/aromatic N) is 2. The van der Waals surface area contributed by atoms with E-state index < -0.39 is 0 Å². The van der Waals surface area contributed by atoms with Gasteiger partial charge in [0.15, 0.2) is 0 Å². The SMILES string of the molecule is CC(C)c1c(-c2cnc3c(c2)CN=C3)[nH]c2ccc(C3CCNCC3)cc12. The minimum absolute atomic E-state index is 0.446. The van der Waals surface area contributed by atoms with Crippen LogP contribution >= 0.6 is 0 Å². The van der Waals surface area contributed by atoms with Gasteiger partial charge in [0.1, 0.15) is 0 Å². The monoisotopic (exact) mass is 358 g/mol. The Balaban J connectivity index is 1.63. The van der Waals surface area contributed by atoms with E-state index in [1.54, 1.807) is 0 Å². The number of aromatic amines is 1. The molecule has 3 aromatic rings. The maximum Gasteiger partial charge on any atom is 0.0859 e.